The number of rotatable bonds is 6. The summed E-state index contributed by atoms with van der Waals surface area (Å²) in [4.78, 5) is 4.54. The third-order valence-electron chi connectivity index (χ3n) is 3.55. The van der Waals surface area contributed by atoms with Crippen molar-refractivity contribution in [2.75, 3.05) is 24.7 Å². The number of sulfone groups is 1. The van der Waals surface area contributed by atoms with Crippen molar-refractivity contribution in [2.45, 2.75) is 32.9 Å². The van der Waals surface area contributed by atoms with Crippen molar-refractivity contribution in [3.8, 4) is 5.75 Å². The van der Waals surface area contributed by atoms with Crippen molar-refractivity contribution in [2.24, 2.45) is 4.99 Å². The lowest BCUT2D eigenvalue weighted by atomic mass is 10.2. The third kappa shape index (κ3) is 5.74. The van der Waals surface area contributed by atoms with Gasteiger partial charge < -0.3 is 15.4 Å². The van der Waals surface area contributed by atoms with Gasteiger partial charge in [0.25, 0.3) is 0 Å². The van der Waals surface area contributed by atoms with E-state index in [1.54, 1.807) is 0 Å². The zero-order chi connectivity index (χ0) is 16.7. The highest BCUT2D eigenvalue weighted by molar-refractivity contribution is 7.91. The number of nitrogens with zero attached hydrogens (tertiary/aromatic N) is 1. The summed E-state index contributed by atoms with van der Waals surface area (Å²) in [6, 6.07) is 7.77. The number of ether oxygens (including phenoxy) is 1. The first-order valence-electron chi connectivity index (χ1n) is 7.99. The van der Waals surface area contributed by atoms with Crippen LogP contribution in [0.1, 0.15) is 25.8 Å². The van der Waals surface area contributed by atoms with Crippen molar-refractivity contribution in [1.29, 1.82) is 0 Å². The van der Waals surface area contributed by atoms with Gasteiger partial charge in [0.2, 0.25) is 0 Å². The molecule has 1 heterocycles. The van der Waals surface area contributed by atoms with Gasteiger partial charge in [-0.1, -0.05) is 12.1 Å². The van der Waals surface area contributed by atoms with Crippen LogP contribution in [0.25, 0.3) is 0 Å². The first kappa shape index (κ1) is 17.6. The van der Waals surface area contributed by atoms with Crippen LogP contribution in [0.2, 0.25) is 0 Å². The topological polar surface area (TPSA) is 79.8 Å². The molecule has 1 aliphatic heterocycles. The van der Waals surface area contributed by atoms with Crippen molar-refractivity contribution in [1.82, 2.24) is 10.6 Å². The average Bonchev–Trinajstić information content (AvgIpc) is 2.85. The molecule has 1 aromatic rings. The molecule has 2 N–H and O–H groups in total. The van der Waals surface area contributed by atoms with Gasteiger partial charge in [-0.25, -0.2) is 13.4 Å². The highest BCUT2D eigenvalue weighted by atomic mass is 32.2. The van der Waals surface area contributed by atoms with Crippen molar-refractivity contribution < 1.29 is 13.2 Å². The summed E-state index contributed by atoms with van der Waals surface area (Å²) in [5, 5.41) is 6.37. The molecule has 1 fully saturated rings. The van der Waals surface area contributed by atoms with Crippen LogP contribution in [-0.2, 0) is 16.4 Å². The lowest BCUT2D eigenvalue weighted by Gasteiger charge is -2.15. The van der Waals surface area contributed by atoms with Crippen LogP contribution in [0, 0.1) is 0 Å². The van der Waals surface area contributed by atoms with E-state index in [1.165, 1.54) is 0 Å². The Morgan fingerprint density at radius 2 is 2.22 bits per heavy atom. The highest BCUT2D eigenvalue weighted by Gasteiger charge is 2.28. The van der Waals surface area contributed by atoms with Gasteiger partial charge in [-0.15, -0.1) is 0 Å². The smallest absolute Gasteiger partial charge is 0.191 e. The van der Waals surface area contributed by atoms with Crippen LogP contribution in [0.4, 0.5) is 0 Å². The average molecular weight is 339 g/mol. The second kappa shape index (κ2) is 8.19. The Morgan fingerprint density at radius 3 is 2.87 bits per heavy atom. The Balaban J connectivity index is 1.99. The largest absolute Gasteiger partial charge is 0.494 e. The molecule has 1 aliphatic rings. The third-order valence-corrected chi connectivity index (χ3v) is 5.31. The van der Waals surface area contributed by atoms with Crippen LogP contribution < -0.4 is 15.4 Å². The molecule has 128 valence electrons. The summed E-state index contributed by atoms with van der Waals surface area (Å²) >= 11 is 0. The van der Waals surface area contributed by atoms with Gasteiger partial charge in [-0.2, -0.15) is 0 Å². The minimum absolute atomic E-state index is 0.0624. The van der Waals surface area contributed by atoms with Crippen molar-refractivity contribution in [3.05, 3.63) is 29.8 Å². The van der Waals surface area contributed by atoms with E-state index in [-0.39, 0.29) is 17.5 Å². The molecule has 0 radical (unpaired) electrons. The molecule has 0 aliphatic carbocycles. The Bertz CT molecular complexity index is 644. The number of hydrogen-bond acceptors (Lipinski definition) is 4. The number of benzene rings is 1. The van der Waals surface area contributed by atoms with E-state index in [0.29, 0.717) is 25.5 Å². The number of aliphatic imine (C=N–C) groups is 1. The van der Waals surface area contributed by atoms with E-state index in [1.807, 2.05) is 38.1 Å². The van der Waals surface area contributed by atoms with E-state index >= 15 is 0 Å². The van der Waals surface area contributed by atoms with Crippen LogP contribution >= 0.6 is 0 Å². The van der Waals surface area contributed by atoms with Crippen LogP contribution in [0.15, 0.2) is 29.3 Å². The molecule has 0 amide bonds. The maximum Gasteiger partial charge on any atom is 0.191 e. The second-order valence-corrected chi connectivity index (χ2v) is 7.75. The lowest BCUT2D eigenvalue weighted by molar-refractivity contribution is 0.340. The number of guanidine groups is 1. The predicted octanol–water partition coefficient (Wildman–Crippen LogP) is 1.33. The molecule has 0 aromatic heterocycles. The van der Waals surface area contributed by atoms with E-state index in [4.69, 9.17) is 4.74 Å². The standard InChI is InChI=1S/C16H25N3O3S/c1-3-17-16(19-14-8-9-23(20,21)12-14)18-11-13-6-5-7-15(10-13)22-4-2/h5-7,10,14H,3-4,8-9,11-12H2,1-2H3,(H2,17,18,19). The molecule has 1 saturated heterocycles. The van der Waals surface area contributed by atoms with Crippen molar-refractivity contribution >= 4 is 15.8 Å². The molecule has 23 heavy (non-hydrogen) atoms. The van der Waals surface area contributed by atoms with Gasteiger partial charge >= 0.3 is 0 Å². The molecule has 1 aromatic carbocycles. The van der Waals surface area contributed by atoms with Gasteiger partial charge in [0.05, 0.1) is 24.7 Å². The maximum absolute atomic E-state index is 11.5. The highest BCUT2D eigenvalue weighted by Crippen LogP contribution is 2.14. The quantitative estimate of drug-likeness (QED) is 0.604. The maximum atomic E-state index is 11.5. The molecule has 1 unspecified atom stereocenters. The second-order valence-electron chi connectivity index (χ2n) is 5.52. The van der Waals surface area contributed by atoms with Crippen LogP contribution in [0.5, 0.6) is 5.75 Å². The Labute approximate surface area is 138 Å². The Kier molecular flexibility index (Phi) is 6.27. The minimum atomic E-state index is -2.90. The summed E-state index contributed by atoms with van der Waals surface area (Å²) in [5.74, 6) is 1.91. The first-order valence-corrected chi connectivity index (χ1v) is 9.81. The Hall–Kier alpha value is -1.76. The molecule has 0 bridgehead atoms. The summed E-state index contributed by atoms with van der Waals surface area (Å²) in [6.45, 7) is 5.80. The van der Waals surface area contributed by atoms with Gasteiger partial charge in [0.15, 0.2) is 15.8 Å². The lowest BCUT2D eigenvalue weighted by Crippen LogP contribution is -2.44. The molecule has 6 nitrogen and oxygen atoms in total. The summed E-state index contributed by atoms with van der Waals surface area (Å²) in [7, 11) is -2.90. The summed E-state index contributed by atoms with van der Waals surface area (Å²) in [6.07, 6.45) is 0.632. The molecule has 0 saturated carbocycles. The summed E-state index contributed by atoms with van der Waals surface area (Å²) in [5.41, 5.74) is 1.05. The minimum Gasteiger partial charge on any atom is -0.494 e. The monoisotopic (exact) mass is 339 g/mol. The fraction of sp³-hybridized carbons (Fsp3) is 0.562. The van der Waals surface area contributed by atoms with Gasteiger partial charge in [0, 0.05) is 12.6 Å². The zero-order valence-electron chi connectivity index (χ0n) is 13.7. The molecule has 1 atom stereocenters. The number of nitrogens with one attached hydrogen (secondary N) is 2. The fourth-order valence-electron chi connectivity index (χ4n) is 2.49. The zero-order valence-corrected chi connectivity index (χ0v) is 14.5. The first-order chi connectivity index (χ1) is 11.0. The predicted molar refractivity (Wildman–Crippen MR) is 92.6 cm³/mol. The molecular weight excluding hydrogens is 314 g/mol. The fourth-order valence-corrected chi connectivity index (χ4v) is 4.17. The SMILES string of the molecule is CCNC(=NCc1cccc(OCC)c1)NC1CCS(=O)(=O)C1. The van der Waals surface area contributed by atoms with E-state index in [0.717, 1.165) is 17.9 Å². The van der Waals surface area contributed by atoms with Gasteiger partial charge in [-0.3, -0.25) is 0 Å². The van der Waals surface area contributed by atoms with Gasteiger partial charge in [0.1, 0.15) is 5.75 Å². The molecular formula is C16H25N3O3S. The van der Waals surface area contributed by atoms with E-state index < -0.39 is 9.84 Å². The van der Waals surface area contributed by atoms with E-state index in [2.05, 4.69) is 15.6 Å². The Morgan fingerprint density at radius 1 is 1.39 bits per heavy atom. The molecule has 0 spiro atoms. The number of hydrogen-bond donors (Lipinski definition) is 2. The van der Waals surface area contributed by atoms with Crippen molar-refractivity contribution in [3.63, 3.8) is 0 Å². The van der Waals surface area contributed by atoms with Gasteiger partial charge in [-0.05, 0) is 38.0 Å². The molecule has 7 heteroatoms. The molecule has 2 rings (SSSR count). The summed E-state index contributed by atoms with van der Waals surface area (Å²) < 4.78 is 28.6. The normalized spacial score (nSPS) is 20.3. The van der Waals surface area contributed by atoms with E-state index in [9.17, 15) is 8.42 Å². The van der Waals surface area contributed by atoms with Crippen LogP contribution in [-0.4, -0.2) is 45.1 Å². The van der Waals surface area contributed by atoms with Crippen LogP contribution in [0.3, 0.4) is 0 Å².